The molecule has 0 saturated carbocycles. The molecule has 0 radical (unpaired) electrons. The Bertz CT molecular complexity index is 478. The lowest BCUT2D eigenvalue weighted by atomic mass is 10.2. The summed E-state index contributed by atoms with van der Waals surface area (Å²) in [5.41, 5.74) is 2.01. The van der Waals surface area contributed by atoms with Crippen LogP contribution in [-0.4, -0.2) is 21.2 Å². The zero-order valence-corrected chi connectivity index (χ0v) is 8.85. The van der Waals surface area contributed by atoms with Gasteiger partial charge in [-0.2, -0.15) is 0 Å². The van der Waals surface area contributed by atoms with Gasteiger partial charge in [-0.25, -0.2) is 4.98 Å². The van der Waals surface area contributed by atoms with Crippen LogP contribution >= 0.6 is 0 Å². The highest BCUT2D eigenvalue weighted by molar-refractivity contribution is 5.59. The summed E-state index contributed by atoms with van der Waals surface area (Å²) in [5.74, 6) is 1.36. The summed E-state index contributed by atoms with van der Waals surface area (Å²) in [4.78, 5) is 4.57. The maximum Gasteiger partial charge on any atom is 0.123 e. The summed E-state index contributed by atoms with van der Waals surface area (Å²) in [7, 11) is 0. The van der Waals surface area contributed by atoms with Gasteiger partial charge in [0.15, 0.2) is 0 Å². The van der Waals surface area contributed by atoms with Gasteiger partial charge in [0.25, 0.3) is 0 Å². The number of phenols is 1. The molecule has 2 aromatic rings. The molecule has 0 spiro atoms. The summed E-state index contributed by atoms with van der Waals surface area (Å²) in [6, 6.07) is 7.14. The third-order valence-corrected chi connectivity index (χ3v) is 2.83. The van der Waals surface area contributed by atoms with Crippen molar-refractivity contribution in [1.29, 1.82) is 0 Å². The highest BCUT2D eigenvalue weighted by Crippen LogP contribution is 2.21. The molecule has 1 aliphatic heterocycles. The summed E-state index contributed by atoms with van der Waals surface area (Å²) in [6.07, 6.45) is 2.07. The van der Waals surface area contributed by atoms with E-state index in [0.717, 1.165) is 36.7 Å². The Balaban J connectivity index is 2.00. The fourth-order valence-corrected chi connectivity index (χ4v) is 1.96. The van der Waals surface area contributed by atoms with Crippen molar-refractivity contribution in [2.45, 2.75) is 13.1 Å². The van der Waals surface area contributed by atoms with Gasteiger partial charge in [-0.1, -0.05) is 0 Å². The van der Waals surface area contributed by atoms with Crippen LogP contribution in [0, 0.1) is 0 Å². The van der Waals surface area contributed by atoms with Gasteiger partial charge in [0.1, 0.15) is 11.6 Å². The van der Waals surface area contributed by atoms with Crippen LogP contribution in [0.3, 0.4) is 0 Å². The van der Waals surface area contributed by atoms with Gasteiger partial charge in [-0.05, 0) is 24.3 Å². The summed E-state index contributed by atoms with van der Waals surface area (Å²) < 4.78 is 2.18. The molecule has 1 aromatic carbocycles. The lowest BCUT2D eigenvalue weighted by molar-refractivity contribution is 0.475. The summed E-state index contributed by atoms with van der Waals surface area (Å²) >= 11 is 0. The molecule has 4 heteroatoms. The van der Waals surface area contributed by atoms with Gasteiger partial charge in [-0.3, -0.25) is 0 Å². The van der Waals surface area contributed by atoms with Gasteiger partial charge in [0, 0.05) is 24.8 Å². The van der Waals surface area contributed by atoms with Crippen LogP contribution in [0.25, 0.3) is 11.3 Å². The Hall–Kier alpha value is -1.81. The second kappa shape index (κ2) is 3.64. The second-order valence-corrected chi connectivity index (χ2v) is 3.96. The van der Waals surface area contributed by atoms with Crippen molar-refractivity contribution in [1.82, 2.24) is 14.9 Å². The van der Waals surface area contributed by atoms with Crippen LogP contribution in [0.5, 0.6) is 5.75 Å². The summed E-state index contributed by atoms with van der Waals surface area (Å²) in [5, 5.41) is 12.5. The monoisotopic (exact) mass is 215 g/mol. The van der Waals surface area contributed by atoms with Crippen molar-refractivity contribution >= 4 is 0 Å². The van der Waals surface area contributed by atoms with Crippen LogP contribution in [-0.2, 0) is 13.1 Å². The van der Waals surface area contributed by atoms with Gasteiger partial charge in [0.05, 0.1) is 12.2 Å². The molecular weight excluding hydrogens is 202 g/mol. The van der Waals surface area contributed by atoms with Gasteiger partial charge >= 0.3 is 0 Å². The fraction of sp³-hybridized carbons (Fsp3) is 0.250. The van der Waals surface area contributed by atoms with Crippen LogP contribution in [0.1, 0.15) is 5.82 Å². The lowest BCUT2D eigenvalue weighted by Gasteiger charge is -2.13. The minimum atomic E-state index is 0.286. The Kier molecular flexibility index (Phi) is 2.15. The summed E-state index contributed by atoms with van der Waals surface area (Å²) in [6.45, 7) is 2.80. The molecule has 0 saturated heterocycles. The number of rotatable bonds is 1. The predicted octanol–water partition coefficient (Wildman–Crippen LogP) is 1.36. The van der Waals surface area contributed by atoms with E-state index in [-0.39, 0.29) is 5.75 Å². The standard InChI is InChI=1S/C12H13N3O/c16-10-3-1-9(2-4-10)11-8-15-6-5-13-7-12(15)14-11/h1-4,8,13,16H,5-7H2. The normalized spacial score (nSPS) is 14.8. The lowest BCUT2D eigenvalue weighted by Crippen LogP contribution is -2.27. The molecule has 4 nitrogen and oxygen atoms in total. The van der Waals surface area contributed by atoms with Crippen molar-refractivity contribution in [3.63, 3.8) is 0 Å². The molecule has 0 aliphatic carbocycles. The molecule has 1 aromatic heterocycles. The maximum atomic E-state index is 9.23. The van der Waals surface area contributed by atoms with Gasteiger partial charge < -0.3 is 15.0 Å². The molecule has 1 aliphatic rings. The Morgan fingerprint density at radius 1 is 1.25 bits per heavy atom. The average Bonchev–Trinajstić information content (AvgIpc) is 2.73. The Morgan fingerprint density at radius 3 is 2.81 bits per heavy atom. The molecule has 0 unspecified atom stereocenters. The van der Waals surface area contributed by atoms with E-state index in [0.29, 0.717) is 0 Å². The van der Waals surface area contributed by atoms with E-state index in [4.69, 9.17) is 0 Å². The van der Waals surface area contributed by atoms with Crippen molar-refractivity contribution in [2.24, 2.45) is 0 Å². The average molecular weight is 215 g/mol. The SMILES string of the molecule is Oc1ccc(-c2cn3c(n2)CNCC3)cc1. The quantitative estimate of drug-likeness (QED) is 0.755. The molecular formula is C12H13N3O. The molecule has 0 atom stereocenters. The number of nitrogens with zero attached hydrogens (tertiary/aromatic N) is 2. The first-order valence-corrected chi connectivity index (χ1v) is 5.39. The molecule has 0 bridgehead atoms. The number of phenolic OH excluding ortho intramolecular Hbond substituents is 1. The molecule has 82 valence electrons. The largest absolute Gasteiger partial charge is 0.508 e. The van der Waals surface area contributed by atoms with E-state index in [1.54, 1.807) is 12.1 Å². The molecule has 3 rings (SSSR count). The Morgan fingerprint density at radius 2 is 2.06 bits per heavy atom. The zero-order chi connectivity index (χ0) is 11.0. The number of nitrogens with one attached hydrogen (secondary N) is 1. The first kappa shape index (κ1) is 9.42. The van der Waals surface area contributed by atoms with Crippen molar-refractivity contribution in [2.75, 3.05) is 6.54 Å². The van der Waals surface area contributed by atoms with Crippen molar-refractivity contribution < 1.29 is 5.11 Å². The first-order chi connectivity index (χ1) is 7.83. The zero-order valence-electron chi connectivity index (χ0n) is 8.85. The number of benzene rings is 1. The van der Waals surface area contributed by atoms with Crippen LogP contribution < -0.4 is 5.32 Å². The number of fused-ring (bicyclic) bond motifs is 1. The van der Waals surface area contributed by atoms with Gasteiger partial charge in [-0.15, -0.1) is 0 Å². The molecule has 2 heterocycles. The third-order valence-electron chi connectivity index (χ3n) is 2.83. The minimum Gasteiger partial charge on any atom is -0.508 e. The smallest absolute Gasteiger partial charge is 0.123 e. The highest BCUT2D eigenvalue weighted by atomic mass is 16.3. The maximum absolute atomic E-state index is 9.23. The molecule has 0 amide bonds. The van der Waals surface area contributed by atoms with Gasteiger partial charge in [0.2, 0.25) is 0 Å². The highest BCUT2D eigenvalue weighted by Gasteiger charge is 2.12. The second-order valence-electron chi connectivity index (χ2n) is 3.96. The number of imidazole rings is 1. The van der Waals surface area contributed by atoms with Crippen molar-refractivity contribution in [3.8, 4) is 17.0 Å². The van der Waals surface area contributed by atoms with E-state index in [2.05, 4.69) is 21.1 Å². The fourth-order valence-electron chi connectivity index (χ4n) is 1.96. The van der Waals surface area contributed by atoms with Crippen LogP contribution in [0.2, 0.25) is 0 Å². The molecule has 2 N–H and O–H groups in total. The topological polar surface area (TPSA) is 50.1 Å². The van der Waals surface area contributed by atoms with E-state index in [1.807, 2.05) is 12.1 Å². The van der Waals surface area contributed by atoms with Crippen molar-refractivity contribution in [3.05, 3.63) is 36.3 Å². The number of hydrogen-bond acceptors (Lipinski definition) is 3. The van der Waals surface area contributed by atoms with Crippen LogP contribution in [0.4, 0.5) is 0 Å². The van der Waals surface area contributed by atoms with E-state index in [9.17, 15) is 5.11 Å². The molecule has 0 fully saturated rings. The van der Waals surface area contributed by atoms with E-state index >= 15 is 0 Å². The first-order valence-electron chi connectivity index (χ1n) is 5.39. The third kappa shape index (κ3) is 1.57. The predicted molar refractivity (Wildman–Crippen MR) is 61.0 cm³/mol. The Labute approximate surface area is 93.6 Å². The number of aromatic nitrogens is 2. The van der Waals surface area contributed by atoms with Crippen LogP contribution in [0.15, 0.2) is 30.5 Å². The minimum absolute atomic E-state index is 0.286. The molecule has 16 heavy (non-hydrogen) atoms. The number of aromatic hydroxyl groups is 1. The van der Waals surface area contributed by atoms with E-state index < -0.39 is 0 Å². The van der Waals surface area contributed by atoms with E-state index in [1.165, 1.54) is 0 Å². The number of hydrogen-bond donors (Lipinski definition) is 2.